The van der Waals surface area contributed by atoms with Crippen LogP contribution in [0.4, 0.5) is 13.6 Å². The van der Waals surface area contributed by atoms with Gasteiger partial charge in [0.05, 0.1) is 38.1 Å². The van der Waals surface area contributed by atoms with Crippen LogP contribution in [0.5, 0.6) is 23.0 Å². The topological polar surface area (TPSA) is 173 Å². The highest BCUT2D eigenvalue weighted by Gasteiger charge is 2.39. The SMILES string of the molecule is COc1ccc(F)c(-c2cc(COc3ccc([C@H](CC(=O)N4C(=O)OC[C@@H]4Cc4ccccc4)c4ccon4)cc3)ccc2C(C)(C)C)c1.COc1ccc(F)c(-c2cc(COc3ccc([C@H](CC(=O)O)c4ccon4)cc3)ccc2C(C)(C)C)c1. The maximum Gasteiger partial charge on any atom is 0.416 e. The number of carbonyl (C=O) groups is 3. The number of imide groups is 1. The van der Waals surface area contributed by atoms with E-state index in [2.05, 4.69) is 51.9 Å². The van der Waals surface area contributed by atoms with Crippen molar-refractivity contribution in [3.63, 3.8) is 0 Å². The van der Waals surface area contributed by atoms with E-state index in [0.717, 1.165) is 50.1 Å². The first-order chi connectivity index (χ1) is 41.3. The van der Waals surface area contributed by atoms with Crippen molar-refractivity contribution >= 4 is 18.0 Å². The highest BCUT2D eigenvalue weighted by atomic mass is 19.1. The average Bonchev–Trinajstić information content (AvgIpc) is 4.09. The van der Waals surface area contributed by atoms with Crippen LogP contribution in [0.15, 0.2) is 185 Å². The van der Waals surface area contributed by atoms with Gasteiger partial charge in [-0.15, -0.1) is 0 Å². The van der Waals surface area contributed by atoms with Crippen LogP contribution in [0.3, 0.4) is 0 Å². The molecule has 14 nitrogen and oxygen atoms in total. The monoisotopic (exact) mass is 1170 g/mol. The van der Waals surface area contributed by atoms with Crippen molar-refractivity contribution in [2.75, 3.05) is 20.8 Å². The van der Waals surface area contributed by atoms with E-state index >= 15 is 4.39 Å². The lowest BCUT2D eigenvalue weighted by Crippen LogP contribution is -2.40. The normalized spacial score (nSPS) is 13.9. The van der Waals surface area contributed by atoms with Gasteiger partial charge < -0.3 is 37.8 Å². The molecule has 1 N–H and O–H groups in total. The number of carboxylic acid groups (broad SMARTS) is 1. The molecule has 0 saturated carbocycles. The van der Waals surface area contributed by atoms with Crippen LogP contribution in [0.2, 0.25) is 0 Å². The Morgan fingerprint density at radius 2 is 1.02 bits per heavy atom. The Morgan fingerprint density at radius 1 is 0.570 bits per heavy atom. The Bertz CT molecular complexity index is 3750. The number of hydrogen-bond acceptors (Lipinski definition) is 12. The zero-order chi connectivity index (χ0) is 61.1. The van der Waals surface area contributed by atoms with Crippen molar-refractivity contribution in [3.8, 4) is 45.3 Å². The number of rotatable bonds is 20. The Balaban J connectivity index is 0.000000214. The lowest BCUT2D eigenvalue weighted by atomic mass is 9.81. The Labute approximate surface area is 499 Å². The number of amides is 2. The summed E-state index contributed by atoms with van der Waals surface area (Å²) in [4.78, 5) is 38.9. The number of aromatic nitrogens is 2. The van der Waals surface area contributed by atoms with E-state index in [0.29, 0.717) is 51.9 Å². The minimum absolute atomic E-state index is 0.00311. The van der Waals surface area contributed by atoms with Crippen molar-refractivity contribution in [1.82, 2.24) is 15.2 Å². The summed E-state index contributed by atoms with van der Waals surface area (Å²) in [6.07, 6.45) is 2.66. The second-order valence-corrected chi connectivity index (χ2v) is 23.1. The van der Waals surface area contributed by atoms with Gasteiger partial charge in [0.25, 0.3) is 0 Å². The highest BCUT2D eigenvalue weighted by molar-refractivity contribution is 5.94. The van der Waals surface area contributed by atoms with Crippen LogP contribution in [-0.4, -0.2) is 65.2 Å². The van der Waals surface area contributed by atoms with Gasteiger partial charge in [-0.25, -0.2) is 18.5 Å². The second-order valence-electron chi connectivity index (χ2n) is 23.1. The maximum atomic E-state index is 15.1. The number of benzene rings is 7. The lowest BCUT2D eigenvalue weighted by Gasteiger charge is -2.24. The molecule has 7 aromatic carbocycles. The van der Waals surface area contributed by atoms with Crippen LogP contribution < -0.4 is 18.9 Å². The van der Waals surface area contributed by atoms with Crippen molar-refractivity contribution < 1.29 is 61.0 Å². The molecule has 3 atom stereocenters. The zero-order valence-corrected chi connectivity index (χ0v) is 49.3. The molecule has 0 bridgehead atoms. The van der Waals surface area contributed by atoms with E-state index in [1.165, 1.54) is 29.6 Å². The zero-order valence-electron chi connectivity index (χ0n) is 49.3. The third-order valence-electron chi connectivity index (χ3n) is 15.0. The van der Waals surface area contributed by atoms with E-state index in [9.17, 15) is 23.9 Å². The Hall–Kier alpha value is -9.57. The minimum atomic E-state index is -0.921. The van der Waals surface area contributed by atoms with Crippen LogP contribution >= 0.6 is 0 Å². The van der Waals surface area contributed by atoms with Crippen LogP contribution in [-0.2, 0) is 44.8 Å². The predicted molar refractivity (Wildman–Crippen MR) is 321 cm³/mol. The molecule has 1 fully saturated rings. The molecule has 2 amide bonds. The predicted octanol–water partition coefficient (Wildman–Crippen LogP) is 15.5. The minimum Gasteiger partial charge on any atom is -0.497 e. The molecule has 3 heterocycles. The van der Waals surface area contributed by atoms with E-state index in [4.69, 9.17) is 32.7 Å². The average molecular weight is 1170 g/mol. The number of hydrogen-bond donors (Lipinski definition) is 1. The van der Waals surface area contributed by atoms with Gasteiger partial charge in [-0.2, -0.15) is 0 Å². The van der Waals surface area contributed by atoms with Crippen molar-refractivity contribution in [2.24, 2.45) is 0 Å². The summed E-state index contributed by atoms with van der Waals surface area (Å²) in [5.41, 5.74) is 9.67. The molecule has 0 unspecified atom stereocenters. The number of methoxy groups -OCH3 is 2. The molecule has 10 rings (SSSR count). The van der Waals surface area contributed by atoms with Crippen LogP contribution in [0, 0.1) is 11.6 Å². The smallest absolute Gasteiger partial charge is 0.416 e. The van der Waals surface area contributed by atoms with Gasteiger partial charge in [-0.05, 0) is 140 Å². The summed E-state index contributed by atoms with van der Waals surface area (Å²) in [5, 5.41) is 17.4. The molecule has 0 radical (unpaired) electrons. The molecule has 444 valence electrons. The summed E-state index contributed by atoms with van der Waals surface area (Å²) >= 11 is 0. The number of carboxylic acids is 1. The summed E-state index contributed by atoms with van der Waals surface area (Å²) in [6.45, 7) is 13.3. The van der Waals surface area contributed by atoms with E-state index < -0.39 is 29.9 Å². The van der Waals surface area contributed by atoms with Gasteiger partial charge in [0.2, 0.25) is 5.91 Å². The van der Waals surface area contributed by atoms with E-state index in [-0.39, 0.29) is 61.0 Å². The molecular formula is C70H69F2N3O11. The fourth-order valence-electron chi connectivity index (χ4n) is 10.6. The van der Waals surface area contributed by atoms with Gasteiger partial charge in [0, 0.05) is 41.5 Å². The first-order valence-corrected chi connectivity index (χ1v) is 28.2. The third-order valence-corrected chi connectivity index (χ3v) is 15.0. The van der Waals surface area contributed by atoms with Gasteiger partial charge in [0.1, 0.15) is 67.0 Å². The van der Waals surface area contributed by atoms with Crippen molar-refractivity contribution in [1.29, 1.82) is 0 Å². The fourth-order valence-corrected chi connectivity index (χ4v) is 10.6. The van der Waals surface area contributed by atoms with Crippen molar-refractivity contribution in [2.45, 2.75) is 103 Å². The molecule has 86 heavy (non-hydrogen) atoms. The quantitative estimate of drug-likeness (QED) is 0.0764. The third kappa shape index (κ3) is 15.0. The van der Waals surface area contributed by atoms with Gasteiger partial charge in [-0.3, -0.25) is 9.59 Å². The summed E-state index contributed by atoms with van der Waals surface area (Å²) < 4.78 is 68.2. The lowest BCUT2D eigenvalue weighted by molar-refractivity contribution is -0.137. The molecule has 2 aromatic heterocycles. The van der Waals surface area contributed by atoms with Gasteiger partial charge in [-0.1, -0.05) is 131 Å². The number of aliphatic carboxylic acids is 1. The maximum absolute atomic E-state index is 15.1. The summed E-state index contributed by atoms with van der Waals surface area (Å²) in [6, 6.07) is 48.8. The van der Waals surface area contributed by atoms with Gasteiger partial charge >= 0.3 is 12.1 Å². The molecule has 16 heteroatoms. The summed E-state index contributed by atoms with van der Waals surface area (Å²) in [7, 11) is 3.13. The van der Waals surface area contributed by atoms with Crippen LogP contribution in [0.1, 0.15) is 117 Å². The number of halogens is 2. The van der Waals surface area contributed by atoms with Gasteiger partial charge in [0.15, 0.2) is 0 Å². The molecule has 9 aromatic rings. The second kappa shape index (κ2) is 27.0. The number of cyclic esters (lactones) is 1. The Morgan fingerprint density at radius 3 is 1.44 bits per heavy atom. The first kappa shape index (κ1) is 61.0. The largest absolute Gasteiger partial charge is 0.497 e. The number of carbonyl (C=O) groups excluding carboxylic acids is 2. The summed E-state index contributed by atoms with van der Waals surface area (Å²) in [5.74, 6) is -0.376. The standard InChI is InChI=1S/C40H39FN2O6.C30H30FNO5/c1-40(2,3)35-16-10-27(21-33(35)34-22-31(46-4)15-17-36(34)41)24-47-30-13-11-28(12-14-30)32(37-18-19-49-42-37)23-38(44)43-29(25-48-39(43)45)20-26-8-6-5-7-9-26;1-30(2,3)26-11-5-19(15-24(26)25-16-22(35-4)10-12-27(25)31)18-36-21-8-6-20(7-9-21)23(17-29(33)34)28-13-14-37-32-28/h5-19,21-22,29,32H,20,23-25H2,1-4H3;5-16,23H,17-18H2,1-4H3,(H,33,34)/t29-,32-;23-/m00/s1. The first-order valence-electron chi connectivity index (χ1n) is 28.2. The van der Waals surface area contributed by atoms with E-state index in [1.807, 2.05) is 103 Å². The van der Waals surface area contributed by atoms with E-state index in [1.54, 1.807) is 62.8 Å². The molecule has 1 saturated heterocycles. The molecular weight excluding hydrogens is 1100 g/mol. The highest BCUT2D eigenvalue weighted by Crippen LogP contribution is 2.40. The van der Waals surface area contributed by atoms with Crippen molar-refractivity contribution in [3.05, 3.63) is 238 Å². The number of nitrogens with zero attached hydrogens (tertiary/aromatic N) is 3. The van der Waals surface area contributed by atoms with Crippen LogP contribution in [0.25, 0.3) is 22.3 Å². The molecule has 0 aliphatic carbocycles. The molecule has 1 aliphatic rings. The number of ether oxygens (including phenoxy) is 5. The molecule has 1 aliphatic heterocycles. The Kier molecular flexibility index (Phi) is 19.1. The molecule has 0 spiro atoms. The fraction of sp³-hybridized carbons (Fsp3) is 0.271.